The molecule has 2 amide bonds. The number of amides is 2. The fourth-order valence-electron chi connectivity index (χ4n) is 3.04. The fraction of sp³-hybridized carbons (Fsp3) is 0.579. The zero-order chi connectivity index (χ0) is 17.7. The Bertz CT molecular complexity index is 575. The number of aliphatic hydroxyl groups excluding tert-OH is 1. The van der Waals surface area contributed by atoms with Crippen molar-refractivity contribution < 1.29 is 14.7 Å². The first-order chi connectivity index (χ1) is 11.3. The van der Waals surface area contributed by atoms with Crippen LogP contribution in [0.2, 0.25) is 0 Å². The normalized spacial score (nSPS) is 16.8. The number of carbonyl (C=O) groups excluding carboxylic acids is 2. The van der Waals surface area contributed by atoms with E-state index < -0.39 is 0 Å². The average molecular weight is 332 g/mol. The van der Waals surface area contributed by atoms with E-state index >= 15 is 0 Å². The Kier molecular flexibility index (Phi) is 5.99. The van der Waals surface area contributed by atoms with Crippen LogP contribution in [0.15, 0.2) is 24.3 Å². The van der Waals surface area contributed by atoms with E-state index in [1.54, 1.807) is 17.0 Å². The highest BCUT2D eigenvalue weighted by Gasteiger charge is 2.22. The molecule has 0 saturated carbocycles. The number of piperidine rings is 1. The molecule has 132 valence electrons. The van der Waals surface area contributed by atoms with E-state index in [2.05, 4.69) is 26.1 Å². The Labute approximate surface area is 144 Å². The Balaban J connectivity index is 2.01. The van der Waals surface area contributed by atoms with E-state index in [0.29, 0.717) is 18.4 Å². The number of aliphatic hydroxyl groups is 1. The number of carbonyl (C=O) groups is 2. The molecule has 1 fully saturated rings. The third-order valence-corrected chi connectivity index (χ3v) is 4.18. The number of hydrogen-bond acceptors (Lipinski definition) is 3. The van der Waals surface area contributed by atoms with Crippen molar-refractivity contribution >= 4 is 17.5 Å². The van der Waals surface area contributed by atoms with Crippen LogP contribution in [0, 0.1) is 5.41 Å². The van der Waals surface area contributed by atoms with Crippen molar-refractivity contribution in [2.24, 2.45) is 5.41 Å². The zero-order valence-electron chi connectivity index (χ0n) is 14.8. The molecule has 2 N–H and O–H groups in total. The van der Waals surface area contributed by atoms with Gasteiger partial charge in [-0.3, -0.25) is 9.59 Å². The fourth-order valence-corrected chi connectivity index (χ4v) is 3.04. The van der Waals surface area contributed by atoms with Gasteiger partial charge in [0.05, 0.1) is 12.6 Å². The number of rotatable bonds is 5. The van der Waals surface area contributed by atoms with Gasteiger partial charge in [-0.05, 0) is 48.9 Å². The molecule has 1 atom stereocenters. The molecule has 24 heavy (non-hydrogen) atoms. The first-order valence-corrected chi connectivity index (χ1v) is 8.62. The molecule has 0 bridgehead atoms. The Morgan fingerprint density at radius 2 is 1.92 bits per heavy atom. The third-order valence-electron chi connectivity index (χ3n) is 4.18. The summed E-state index contributed by atoms with van der Waals surface area (Å²) in [6.45, 7) is 6.89. The third kappa shape index (κ3) is 5.06. The SMILES string of the molecule is CC(C)(C)CC(CO)NC(=O)c1ccc(N2CCCCC2=O)cc1. The molecule has 1 aliphatic rings. The topological polar surface area (TPSA) is 69.6 Å². The molecule has 5 nitrogen and oxygen atoms in total. The quantitative estimate of drug-likeness (QED) is 0.871. The predicted molar refractivity (Wildman–Crippen MR) is 95.1 cm³/mol. The van der Waals surface area contributed by atoms with E-state index in [0.717, 1.165) is 25.1 Å². The second-order valence-electron chi connectivity index (χ2n) is 7.67. The number of nitrogens with one attached hydrogen (secondary N) is 1. The van der Waals surface area contributed by atoms with E-state index in [4.69, 9.17) is 0 Å². The molecular formula is C19H28N2O3. The Hall–Kier alpha value is -1.88. The minimum atomic E-state index is -0.263. The number of nitrogens with zero attached hydrogens (tertiary/aromatic N) is 1. The molecule has 0 spiro atoms. The Morgan fingerprint density at radius 1 is 1.25 bits per heavy atom. The smallest absolute Gasteiger partial charge is 0.251 e. The van der Waals surface area contributed by atoms with Crippen LogP contribution in [0.4, 0.5) is 5.69 Å². The van der Waals surface area contributed by atoms with E-state index in [9.17, 15) is 14.7 Å². The van der Waals surface area contributed by atoms with Crippen molar-refractivity contribution in [2.75, 3.05) is 18.1 Å². The Morgan fingerprint density at radius 3 is 2.46 bits per heavy atom. The lowest BCUT2D eigenvalue weighted by molar-refractivity contribution is -0.119. The number of benzene rings is 1. The predicted octanol–water partition coefficient (Wildman–Crippen LogP) is 2.73. The maximum atomic E-state index is 12.3. The van der Waals surface area contributed by atoms with Crippen LogP contribution in [0.1, 0.15) is 56.8 Å². The summed E-state index contributed by atoms with van der Waals surface area (Å²) in [6, 6.07) is 6.84. The van der Waals surface area contributed by atoms with Crippen LogP contribution in [0.5, 0.6) is 0 Å². The molecule has 1 unspecified atom stereocenters. The van der Waals surface area contributed by atoms with Gasteiger partial charge in [0.15, 0.2) is 0 Å². The van der Waals surface area contributed by atoms with Crippen LogP contribution in [-0.4, -0.2) is 36.1 Å². The molecule has 1 heterocycles. The molecule has 5 heteroatoms. The minimum absolute atomic E-state index is 0.0269. The second-order valence-corrected chi connectivity index (χ2v) is 7.67. The summed E-state index contributed by atoms with van der Waals surface area (Å²) < 4.78 is 0. The first kappa shape index (κ1) is 18.5. The molecule has 1 aromatic carbocycles. The van der Waals surface area contributed by atoms with Gasteiger partial charge >= 0.3 is 0 Å². The highest BCUT2D eigenvalue weighted by Crippen LogP contribution is 2.22. The van der Waals surface area contributed by atoms with Crippen LogP contribution in [0.3, 0.4) is 0 Å². The van der Waals surface area contributed by atoms with E-state index in [-0.39, 0.29) is 29.9 Å². The lowest BCUT2D eigenvalue weighted by Crippen LogP contribution is -2.40. The van der Waals surface area contributed by atoms with Crippen molar-refractivity contribution in [2.45, 2.75) is 52.5 Å². The van der Waals surface area contributed by atoms with E-state index in [1.165, 1.54) is 0 Å². The second kappa shape index (κ2) is 7.79. The molecule has 1 aliphatic heterocycles. The molecule has 0 radical (unpaired) electrons. The summed E-state index contributed by atoms with van der Waals surface area (Å²) in [7, 11) is 0. The standard InChI is InChI=1S/C19H28N2O3/c1-19(2,3)12-15(13-22)20-18(24)14-7-9-16(10-8-14)21-11-5-4-6-17(21)23/h7-10,15,22H,4-6,11-13H2,1-3H3,(H,20,24). The number of anilines is 1. The first-order valence-electron chi connectivity index (χ1n) is 8.62. The van der Waals surface area contributed by atoms with Gasteiger partial charge in [-0.25, -0.2) is 0 Å². The van der Waals surface area contributed by atoms with Crippen LogP contribution < -0.4 is 10.2 Å². The van der Waals surface area contributed by atoms with Gasteiger partial charge in [-0.2, -0.15) is 0 Å². The van der Waals surface area contributed by atoms with Crippen LogP contribution in [-0.2, 0) is 4.79 Å². The van der Waals surface area contributed by atoms with Crippen molar-refractivity contribution in [1.29, 1.82) is 0 Å². The van der Waals surface area contributed by atoms with Gasteiger partial charge in [-0.1, -0.05) is 20.8 Å². The van der Waals surface area contributed by atoms with Crippen LogP contribution in [0.25, 0.3) is 0 Å². The van der Waals surface area contributed by atoms with Crippen molar-refractivity contribution in [3.05, 3.63) is 29.8 Å². The van der Waals surface area contributed by atoms with Gasteiger partial charge in [0.2, 0.25) is 5.91 Å². The highest BCUT2D eigenvalue weighted by atomic mass is 16.3. The van der Waals surface area contributed by atoms with E-state index in [1.807, 2.05) is 12.1 Å². The number of hydrogen-bond donors (Lipinski definition) is 2. The molecule has 1 saturated heterocycles. The molecule has 2 rings (SSSR count). The molecule has 0 aliphatic carbocycles. The summed E-state index contributed by atoms with van der Waals surface area (Å²) >= 11 is 0. The monoisotopic (exact) mass is 332 g/mol. The summed E-state index contributed by atoms with van der Waals surface area (Å²) in [5, 5.41) is 12.3. The average Bonchev–Trinajstić information content (AvgIpc) is 2.53. The minimum Gasteiger partial charge on any atom is -0.394 e. The highest BCUT2D eigenvalue weighted by molar-refractivity contribution is 5.97. The summed E-state index contributed by atoms with van der Waals surface area (Å²) in [4.78, 5) is 26.1. The molecule has 1 aromatic rings. The zero-order valence-corrected chi connectivity index (χ0v) is 14.8. The van der Waals surface area contributed by atoms with Gasteiger partial charge < -0.3 is 15.3 Å². The van der Waals surface area contributed by atoms with Crippen molar-refractivity contribution in [3.63, 3.8) is 0 Å². The van der Waals surface area contributed by atoms with Gasteiger partial charge in [0.25, 0.3) is 5.91 Å². The van der Waals surface area contributed by atoms with Crippen molar-refractivity contribution in [3.8, 4) is 0 Å². The maximum Gasteiger partial charge on any atom is 0.251 e. The molecule has 0 aromatic heterocycles. The largest absolute Gasteiger partial charge is 0.394 e. The maximum absolute atomic E-state index is 12.3. The van der Waals surface area contributed by atoms with Gasteiger partial charge in [-0.15, -0.1) is 0 Å². The van der Waals surface area contributed by atoms with Gasteiger partial charge in [0, 0.05) is 24.2 Å². The summed E-state index contributed by atoms with van der Waals surface area (Å²) in [5.74, 6) is -0.0567. The van der Waals surface area contributed by atoms with Crippen LogP contribution >= 0.6 is 0 Å². The lowest BCUT2D eigenvalue weighted by Gasteiger charge is -2.27. The molecular weight excluding hydrogens is 304 g/mol. The lowest BCUT2D eigenvalue weighted by atomic mass is 9.88. The summed E-state index contributed by atoms with van der Waals surface area (Å²) in [5.41, 5.74) is 1.40. The summed E-state index contributed by atoms with van der Waals surface area (Å²) in [6.07, 6.45) is 3.26. The van der Waals surface area contributed by atoms with Crippen molar-refractivity contribution in [1.82, 2.24) is 5.32 Å². The van der Waals surface area contributed by atoms with Gasteiger partial charge in [0.1, 0.15) is 0 Å².